The number of carbonyl (C=O) groups excluding carboxylic acids is 1. The van der Waals surface area contributed by atoms with E-state index in [-0.39, 0.29) is 5.97 Å². The maximum Gasteiger partial charge on any atom is 0.308 e. The molecule has 0 aromatic heterocycles. The number of thiol groups is 1. The summed E-state index contributed by atoms with van der Waals surface area (Å²) < 4.78 is 5.70. The molecule has 0 aliphatic heterocycles. The zero-order chi connectivity index (χ0) is 9.14. The number of hydrogen-bond donors (Lipinski definition) is 1. The van der Waals surface area contributed by atoms with E-state index in [9.17, 15) is 4.79 Å². The van der Waals surface area contributed by atoms with Crippen LogP contribution in [0.1, 0.15) is 6.92 Å². The lowest BCUT2D eigenvalue weighted by atomic mass is 10.3. The van der Waals surface area contributed by atoms with E-state index in [0.29, 0.717) is 5.75 Å². The Morgan fingerprint density at radius 1 is 1.50 bits per heavy atom. The highest BCUT2D eigenvalue weighted by Gasteiger charge is 2.00. The first-order chi connectivity index (χ1) is 5.58. The molecule has 0 bridgehead atoms. The highest BCUT2D eigenvalue weighted by Crippen LogP contribution is 2.23. The van der Waals surface area contributed by atoms with Crippen molar-refractivity contribution in [3.05, 3.63) is 22.7 Å². The zero-order valence-electron chi connectivity index (χ0n) is 6.37. The Hall–Kier alpha value is -0.480. The number of benzene rings is 1. The average molecular weight is 247 g/mol. The maximum atomic E-state index is 10.6. The number of carbonyl (C=O) groups is 1. The molecule has 0 amide bonds. The van der Waals surface area contributed by atoms with Crippen LogP contribution >= 0.6 is 28.6 Å². The number of halogens is 1. The quantitative estimate of drug-likeness (QED) is 0.469. The van der Waals surface area contributed by atoms with Crippen LogP contribution in [0.4, 0.5) is 0 Å². The van der Waals surface area contributed by atoms with Gasteiger partial charge in [0.1, 0.15) is 5.75 Å². The van der Waals surface area contributed by atoms with Crippen LogP contribution in [0, 0.1) is 0 Å². The van der Waals surface area contributed by atoms with Gasteiger partial charge in [0.2, 0.25) is 0 Å². The van der Waals surface area contributed by atoms with Crippen LogP contribution in [0.3, 0.4) is 0 Å². The van der Waals surface area contributed by atoms with Gasteiger partial charge in [0, 0.05) is 16.3 Å². The first-order valence-corrected chi connectivity index (χ1v) is 4.50. The third kappa shape index (κ3) is 2.87. The van der Waals surface area contributed by atoms with Gasteiger partial charge in [-0.15, -0.1) is 12.6 Å². The molecular formula is C8H7BrO2S. The Morgan fingerprint density at radius 3 is 2.67 bits per heavy atom. The summed E-state index contributed by atoms with van der Waals surface area (Å²) in [5.41, 5.74) is 0. The molecule has 2 nitrogen and oxygen atoms in total. The Balaban J connectivity index is 2.93. The molecule has 0 aliphatic rings. The standard InChI is InChI=1S/C8H7BrO2S/c1-5(10)11-7-2-6(9)3-8(12)4-7/h2-4,12H,1H3. The van der Waals surface area contributed by atoms with Gasteiger partial charge in [0.25, 0.3) is 0 Å². The number of rotatable bonds is 1. The highest BCUT2D eigenvalue weighted by atomic mass is 79.9. The van der Waals surface area contributed by atoms with Crippen molar-refractivity contribution in [2.75, 3.05) is 0 Å². The van der Waals surface area contributed by atoms with Crippen molar-refractivity contribution >= 4 is 34.5 Å². The fourth-order valence-corrected chi connectivity index (χ4v) is 1.69. The predicted molar refractivity (Wildman–Crippen MR) is 52.7 cm³/mol. The van der Waals surface area contributed by atoms with Gasteiger partial charge in [-0.1, -0.05) is 15.9 Å². The minimum Gasteiger partial charge on any atom is -0.427 e. The lowest BCUT2D eigenvalue weighted by Gasteiger charge is -2.02. The van der Waals surface area contributed by atoms with Crippen molar-refractivity contribution in [1.82, 2.24) is 0 Å². The van der Waals surface area contributed by atoms with Crippen LogP contribution < -0.4 is 4.74 Å². The molecule has 12 heavy (non-hydrogen) atoms. The Bertz CT molecular complexity index is 292. The van der Waals surface area contributed by atoms with E-state index in [0.717, 1.165) is 9.37 Å². The topological polar surface area (TPSA) is 26.3 Å². The van der Waals surface area contributed by atoms with E-state index in [2.05, 4.69) is 28.6 Å². The van der Waals surface area contributed by atoms with Crippen LogP contribution in [0.5, 0.6) is 5.75 Å². The summed E-state index contributed by atoms with van der Waals surface area (Å²) >= 11 is 7.39. The summed E-state index contributed by atoms with van der Waals surface area (Å²) in [7, 11) is 0. The molecule has 0 radical (unpaired) electrons. The molecule has 0 fully saturated rings. The van der Waals surface area contributed by atoms with Gasteiger partial charge in [-0.25, -0.2) is 0 Å². The second kappa shape index (κ2) is 3.96. The van der Waals surface area contributed by atoms with Gasteiger partial charge >= 0.3 is 5.97 Å². The molecule has 0 saturated carbocycles. The zero-order valence-corrected chi connectivity index (χ0v) is 8.85. The van der Waals surface area contributed by atoms with E-state index < -0.39 is 0 Å². The summed E-state index contributed by atoms with van der Waals surface area (Å²) in [4.78, 5) is 11.3. The fraction of sp³-hybridized carbons (Fsp3) is 0.125. The van der Waals surface area contributed by atoms with Gasteiger partial charge in [-0.05, 0) is 18.2 Å². The molecule has 1 rings (SSSR count). The van der Waals surface area contributed by atoms with Crippen LogP contribution in [0.2, 0.25) is 0 Å². The van der Waals surface area contributed by atoms with Crippen molar-refractivity contribution in [3.63, 3.8) is 0 Å². The summed E-state index contributed by atoms with van der Waals surface area (Å²) in [6.45, 7) is 1.36. The summed E-state index contributed by atoms with van der Waals surface area (Å²) in [6, 6.07) is 5.20. The molecular weight excluding hydrogens is 240 g/mol. The Morgan fingerprint density at radius 2 is 2.17 bits per heavy atom. The minimum absolute atomic E-state index is 0.333. The molecule has 0 unspecified atom stereocenters. The van der Waals surface area contributed by atoms with Crippen LogP contribution in [-0.4, -0.2) is 5.97 Å². The predicted octanol–water partition coefficient (Wildman–Crippen LogP) is 2.66. The van der Waals surface area contributed by atoms with Crippen molar-refractivity contribution in [2.24, 2.45) is 0 Å². The van der Waals surface area contributed by atoms with Gasteiger partial charge in [0.05, 0.1) is 0 Å². The molecule has 1 aromatic carbocycles. The Labute approximate surface area is 84.5 Å². The summed E-state index contributed by atoms with van der Waals surface area (Å²) in [6.07, 6.45) is 0. The molecule has 0 aliphatic carbocycles. The monoisotopic (exact) mass is 246 g/mol. The molecule has 0 atom stereocenters. The molecule has 64 valence electrons. The molecule has 0 N–H and O–H groups in total. The molecule has 0 heterocycles. The van der Waals surface area contributed by atoms with Gasteiger partial charge in [-0.2, -0.15) is 0 Å². The van der Waals surface area contributed by atoms with E-state index in [1.54, 1.807) is 12.1 Å². The molecule has 1 aromatic rings. The van der Waals surface area contributed by atoms with Crippen molar-refractivity contribution in [3.8, 4) is 5.75 Å². The van der Waals surface area contributed by atoms with Crippen molar-refractivity contribution < 1.29 is 9.53 Å². The second-order valence-corrected chi connectivity index (χ2v) is 3.67. The van der Waals surface area contributed by atoms with Crippen molar-refractivity contribution in [2.45, 2.75) is 11.8 Å². The van der Waals surface area contributed by atoms with E-state index in [1.165, 1.54) is 6.92 Å². The first-order valence-electron chi connectivity index (χ1n) is 3.26. The fourth-order valence-electron chi connectivity index (χ4n) is 0.773. The Kier molecular flexibility index (Phi) is 3.17. The first kappa shape index (κ1) is 9.61. The minimum atomic E-state index is -0.333. The highest BCUT2D eigenvalue weighted by molar-refractivity contribution is 9.10. The largest absolute Gasteiger partial charge is 0.427 e. The summed E-state index contributed by atoms with van der Waals surface area (Å²) in [5, 5.41) is 0. The summed E-state index contributed by atoms with van der Waals surface area (Å²) in [5.74, 6) is 0.169. The third-order valence-corrected chi connectivity index (χ3v) is 1.83. The molecule has 0 saturated heterocycles. The van der Waals surface area contributed by atoms with Crippen LogP contribution in [0.25, 0.3) is 0 Å². The van der Waals surface area contributed by atoms with Crippen LogP contribution in [0.15, 0.2) is 27.6 Å². The van der Waals surface area contributed by atoms with Gasteiger partial charge < -0.3 is 4.74 Å². The van der Waals surface area contributed by atoms with Gasteiger partial charge in [-0.3, -0.25) is 4.79 Å². The number of esters is 1. The SMILES string of the molecule is CC(=O)Oc1cc(S)cc(Br)c1. The molecule has 4 heteroatoms. The lowest BCUT2D eigenvalue weighted by molar-refractivity contribution is -0.131. The second-order valence-electron chi connectivity index (χ2n) is 2.24. The van der Waals surface area contributed by atoms with E-state index >= 15 is 0 Å². The lowest BCUT2D eigenvalue weighted by Crippen LogP contribution is -2.00. The van der Waals surface area contributed by atoms with Crippen LogP contribution in [-0.2, 0) is 4.79 Å². The third-order valence-electron chi connectivity index (χ3n) is 1.12. The normalized spacial score (nSPS) is 9.58. The van der Waals surface area contributed by atoms with E-state index in [1.807, 2.05) is 6.07 Å². The number of ether oxygens (including phenoxy) is 1. The van der Waals surface area contributed by atoms with Crippen molar-refractivity contribution in [1.29, 1.82) is 0 Å². The maximum absolute atomic E-state index is 10.6. The average Bonchev–Trinajstić information content (AvgIpc) is 1.81. The molecule has 0 spiro atoms. The smallest absolute Gasteiger partial charge is 0.308 e. The number of hydrogen-bond acceptors (Lipinski definition) is 3. The van der Waals surface area contributed by atoms with E-state index in [4.69, 9.17) is 4.74 Å². The van der Waals surface area contributed by atoms with Gasteiger partial charge in [0.15, 0.2) is 0 Å².